The lowest BCUT2D eigenvalue weighted by Crippen LogP contribution is -2.24. The molecule has 0 aliphatic rings. The molecule has 5 heteroatoms. The summed E-state index contributed by atoms with van der Waals surface area (Å²) in [6.45, 7) is 4.58. The van der Waals surface area contributed by atoms with Gasteiger partial charge in [-0.25, -0.2) is 0 Å². The molecule has 0 radical (unpaired) electrons. The van der Waals surface area contributed by atoms with Crippen molar-refractivity contribution >= 4 is 17.5 Å². The van der Waals surface area contributed by atoms with Crippen molar-refractivity contribution in [2.45, 2.75) is 39.2 Å². The number of nitrogens with one attached hydrogen (secondary N) is 2. The summed E-state index contributed by atoms with van der Waals surface area (Å²) in [5, 5.41) is 5.51. The molecule has 0 bridgehead atoms. The van der Waals surface area contributed by atoms with Crippen LogP contribution in [0.4, 0.5) is 5.69 Å². The van der Waals surface area contributed by atoms with Gasteiger partial charge in [0, 0.05) is 18.5 Å². The Labute approximate surface area is 136 Å². The molecule has 1 heterocycles. The minimum atomic E-state index is -0.174. The van der Waals surface area contributed by atoms with Crippen LogP contribution in [0, 0.1) is 0 Å². The molecule has 122 valence electrons. The van der Waals surface area contributed by atoms with E-state index in [9.17, 15) is 9.59 Å². The van der Waals surface area contributed by atoms with Crippen molar-refractivity contribution < 1.29 is 14.0 Å². The molecule has 2 aromatic rings. The van der Waals surface area contributed by atoms with Crippen LogP contribution in [0.5, 0.6) is 0 Å². The van der Waals surface area contributed by atoms with Crippen LogP contribution in [0.3, 0.4) is 0 Å². The molecule has 1 aromatic carbocycles. The highest BCUT2D eigenvalue weighted by atomic mass is 16.3. The largest absolute Gasteiger partial charge is 0.467 e. The summed E-state index contributed by atoms with van der Waals surface area (Å²) in [5.41, 5.74) is 1.97. The van der Waals surface area contributed by atoms with Gasteiger partial charge in [-0.1, -0.05) is 26.0 Å². The lowest BCUT2D eigenvalue weighted by molar-refractivity contribution is -0.124. The van der Waals surface area contributed by atoms with Crippen LogP contribution in [0.25, 0.3) is 0 Å². The monoisotopic (exact) mass is 314 g/mol. The number of anilines is 1. The predicted octanol–water partition coefficient (Wildman–Crippen LogP) is 3.44. The van der Waals surface area contributed by atoms with Crippen LogP contribution in [-0.2, 0) is 16.1 Å². The molecule has 2 amide bonds. The summed E-state index contributed by atoms with van der Waals surface area (Å²) >= 11 is 0. The third kappa shape index (κ3) is 5.62. The first-order valence-electron chi connectivity index (χ1n) is 7.73. The van der Waals surface area contributed by atoms with Gasteiger partial charge in [0.25, 0.3) is 0 Å². The molecule has 0 spiro atoms. The molecule has 0 fully saturated rings. The van der Waals surface area contributed by atoms with E-state index in [1.807, 2.05) is 24.3 Å². The van der Waals surface area contributed by atoms with Gasteiger partial charge in [-0.15, -0.1) is 0 Å². The first-order chi connectivity index (χ1) is 11.0. The Morgan fingerprint density at radius 3 is 2.35 bits per heavy atom. The van der Waals surface area contributed by atoms with E-state index < -0.39 is 0 Å². The first-order valence-corrected chi connectivity index (χ1v) is 7.73. The topological polar surface area (TPSA) is 71.3 Å². The number of hydrogen-bond acceptors (Lipinski definition) is 3. The zero-order chi connectivity index (χ0) is 16.7. The number of carbonyl (C=O) groups is 2. The van der Waals surface area contributed by atoms with Crippen molar-refractivity contribution in [3.63, 3.8) is 0 Å². The Balaban J connectivity index is 1.70. The van der Waals surface area contributed by atoms with Crippen LogP contribution in [-0.4, -0.2) is 11.8 Å². The Morgan fingerprint density at radius 2 is 1.74 bits per heavy atom. The molecule has 5 nitrogen and oxygen atoms in total. The Bertz CT molecular complexity index is 631. The highest BCUT2D eigenvalue weighted by Crippen LogP contribution is 2.17. The fourth-order valence-corrected chi connectivity index (χ4v) is 2.09. The number of rotatable bonds is 7. The van der Waals surface area contributed by atoms with Crippen LogP contribution < -0.4 is 10.6 Å². The van der Waals surface area contributed by atoms with Gasteiger partial charge < -0.3 is 15.1 Å². The first kappa shape index (κ1) is 16.8. The van der Waals surface area contributed by atoms with E-state index in [1.54, 1.807) is 18.4 Å². The van der Waals surface area contributed by atoms with E-state index >= 15 is 0 Å². The normalized spacial score (nSPS) is 10.6. The van der Waals surface area contributed by atoms with Gasteiger partial charge in [0.1, 0.15) is 5.76 Å². The quantitative estimate of drug-likeness (QED) is 0.822. The second-order valence-corrected chi connectivity index (χ2v) is 5.68. The Kier molecular flexibility index (Phi) is 5.97. The fraction of sp³-hybridized carbons (Fsp3) is 0.333. The van der Waals surface area contributed by atoms with E-state index in [2.05, 4.69) is 24.5 Å². The summed E-state index contributed by atoms with van der Waals surface area (Å²) in [4.78, 5) is 23.5. The number of benzene rings is 1. The standard InChI is InChI=1S/C18H22N2O3/c1-13(2)14-5-7-15(8-6-14)20-18(22)10-9-17(21)19-12-16-4-3-11-23-16/h3-8,11,13H,9-10,12H2,1-2H3,(H,19,21)(H,20,22). The van der Waals surface area contributed by atoms with Crippen LogP contribution in [0.1, 0.15) is 43.9 Å². The van der Waals surface area contributed by atoms with E-state index in [-0.39, 0.29) is 24.7 Å². The van der Waals surface area contributed by atoms with Crippen molar-refractivity contribution in [3.05, 3.63) is 54.0 Å². The number of hydrogen-bond donors (Lipinski definition) is 2. The maximum atomic E-state index is 11.9. The maximum absolute atomic E-state index is 11.9. The second-order valence-electron chi connectivity index (χ2n) is 5.68. The summed E-state index contributed by atoms with van der Waals surface area (Å²) < 4.78 is 5.12. The van der Waals surface area contributed by atoms with Gasteiger partial charge >= 0.3 is 0 Å². The maximum Gasteiger partial charge on any atom is 0.224 e. The van der Waals surface area contributed by atoms with Gasteiger partial charge in [-0.3, -0.25) is 9.59 Å². The summed E-state index contributed by atoms with van der Waals surface area (Å²) in [6.07, 6.45) is 1.85. The van der Waals surface area contributed by atoms with Crippen LogP contribution in [0.2, 0.25) is 0 Å². The van der Waals surface area contributed by atoms with Crippen LogP contribution >= 0.6 is 0 Å². The SMILES string of the molecule is CC(C)c1ccc(NC(=O)CCC(=O)NCc2ccco2)cc1. The summed E-state index contributed by atoms with van der Waals surface area (Å²) in [6, 6.07) is 11.3. The highest BCUT2D eigenvalue weighted by Gasteiger charge is 2.08. The molecular formula is C18H22N2O3. The van der Waals surface area contributed by atoms with E-state index in [1.165, 1.54) is 5.56 Å². The van der Waals surface area contributed by atoms with Crippen molar-refractivity contribution in [2.24, 2.45) is 0 Å². The molecule has 0 aliphatic carbocycles. The average Bonchev–Trinajstić information content (AvgIpc) is 3.05. The zero-order valence-corrected chi connectivity index (χ0v) is 13.5. The third-order valence-electron chi connectivity index (χ3n) is 3.48. The van der Waals surface area contributed by atoms with Crippen molar-refractivity contribution in [1.82, 2.24) is 5.32 Å². The Hall–Kier alpha value is -2.56. The summed E-state index contributed by atoms with van der Waals surface area (Å²) in [5.74, 6) is 0.799. The molecule has 0 saturated carbocycles. The number of furan rings is 1. The molecule has 2 N–H and O–H groups in total. The molecular weight excluding hydrogens is 292 g/mol. The average molecular weight is 314 g/mol. The predicted molar refractivity (Wildman–Crippen MR) is 88.9 cm³/mol. The van der Waals surface area contributed by atoms with Gasteiger partial charge in [-0.2, -0.15) is 0 Å². The molecule has 0 aliphatic heterocycles. The minimum absolute atomic E-state index is 0.149. The van der Waals surface area contributed by atoms with Crippen LogP contribution in [0.15, 0.2) is 47.1 Å². The van der Waals surface area contributed by atoms with Crippen molar-refractivity contribution in [3.8, 4) is 0 Å². The van der Waals surface area contributed by atoms with Gasteiger partial charge in [0.05, 0.1) is 12.8 Å². The lowest BCUT2D eigenvalue weighted by Gasteiger charge is -2.08. The van der Waals surface area contributed by atoms with E-state index in [4.69, 9.17) is 4.42 Å². The number of amides is 2. The lowest BCUT2D eigenvalue weighted by atomic mass is 10.0. The molecule has 23 heavy (non-hydrogen) atoms. The van der Waals surface area contributed by atoms with Crippen molar-refractivity contribution in [2.75, 3.05) is 5.32 Å². The molecule has 0 unspecified atom stereocenters. The zero-order valence-electron chi connectivity index (χ0n) is 13.5. The second kappa shape index (κ2) is 8.17. The highest BCUT2D eigenvalue weighted by molar-refractivity contribution is 5.93. The van der Waals surface area contributed by atoms with E-state index in [0.29, 0.717) is 18.2 Å². The van der Waals surface area contributed by atoms with Gasteiger partial charge in [0.2, 0.25) is 11.8 Å². The molecule has 0 atom stereocenters. The van der Waals surface area contributed by atoms with E-state index in [0.717, 1.165) is 5.69 Å². The van der Waals surface area contributed by atoms with Gasteiger partial charge in [-0.05, 0) is 35.7 Å². The third-order valence-corrected chi connectivity index (χ3v) is 3.48. The van der Waals surface area contributed by atoms with Crippen molar-refractivity contribution in [1.29, 1.82) is 0 Å². The molecule has 1 aromatic heterocycles. The van der Waals surface area contributed by atoms with Gasteiger partial charge in [0.15, 0.2) is 0 Å². The summed E-state index contributed by atoms with van der Waals surface area (Å²) in [7, 11) is 0. The Morgan fingerprint density at radius 1 is 1.04 bits per heavy atom. The molecule has 0 saturated heterocycles. The smallest absolute Gasteiger partial charge is 0.224 e. The number of carbonyl (C=O) groups excluding carboxylic acids is 2. The fourth-order valence-electron chi connectivity index (χ4n) is 2.09. The molecule has 2 rings (SSSR count). The minimum Gasteiger partial charge on any atom is -0.467 e.